The van der Waals surface area contributed by atoms with Crippen molar-refractivity contribution in [2.45, 2.75) is 57.5 Å². The second-order valence-electron chi connectivity index (χ2n) is 7.98. The highest BCUT2D eigenvalue weighted by atomic mass is 19.1. The second-order valence-corrected chi connectivity index (χ2v) is 7.98. The van der Waals surface area contributed by atoms with E-state index < -0.39 is 30.8 Å². The molecule has 0 spiro atoms. The third kappa shape index (κ3) is 6.02. The Labute approximate surface area is 188 Å². The van der Waals surface area contributed by atoms with Gasteiger partial charge in [0.1, 0.15) is 18.3 Å². The molecule has 1 aliphatic rings. The molecule has 4 rings (SSSR count). The van der Waals surface area contributed by atoms with Gasteiger partial charge >= 0.3 is 0 Å². The maximum absolute atomic E-state index is 15.0. The molecule has 0 aliphatic carbocycles. The van der Waals surface area contributed by atoms with Crippen LogP contribution in [0, 0.1) is 0 Å². The molecule has 0 N–H and O–H groups in total. The van der Waals surface area contributed by atoms with Crippen molar-refractivity contribution in [3.63, 3.8) is 0 Å². The van der Waals surface area contributed by atoms with Gasteiger partial charge < -0.3 is 18.9 Å². The molecule has 1 aliphatic heterocycles. The van der Waals surface area contributed by atoms with Crippen LogP contribution in [-0.4, -0.2) is 30.8 Å². The van der Waals surface area contributed by atoms with Gasteiger partial charge in [0.25, 0.3) is 0 Å². The number of hydrogen-bond donors (Lipinski definition) is 0. The van der Waals surface area contributed by atoms with Crippen LogP contribution in [0.4, 0.5) is 4.39 Å². The predicted octanol–water partition coefficient (Wildman–Crippen LogP) is 5.46. The molecule has 0 radical (unpaired) electrons. The molecular weight excluding hydrogens is 407 g/mol. The largest absolute Gasteiger partial charge is 0.368 e. The summed E-state index contributed by atoms with van der Waals surface area (Å²) < 4.78 is 39.1. The van der Waals surface area contributed by atoms with Gasteiger partial charge in [-0.2, -0.15) is 0 Å². The van der Waals surface area contributed by atoms with Crippen LogP contribution in [-0.2, 0) is 38.8 Å². The zero-order valence-corrected chi connectivity index (χ0v) is 18.2. The average molecular weight is 437 g/mol. The van der Waals surface area contributed by atoms with Crippen LogP contribution in [0.2, 0.25) is 0 Å². The van der Waals surface area contributed by atoms with Crippen molar-refractivity contribution in [2.24, 2.45) is 0 Å². The normalized spacial score (nSPS) is 25.5. The van der Waals surface area contributed by atoms with Crippen LogP contribution < -0.4 is 0 Å². The summed E-state index contributed by atoms with van der Waals surface area (Å²) in [5.41, 5.74) is 3.00. The molecule has 168 valence electrons. The first-order chi connectivity index (χ1) is 15.7. The van der Waals surface area contributed by atoms with Crippen molar-refractivity contribution >= 4 is 0 Å². The van der Waals surface area contributed by atoms with E-state index in [-0.39, 0.29) is 6.61 Å². The van der Waals surface area contributed by atoms with Gasteiger partial charge in [-0.25, -0.2) is 4.39 Å². The third-order valence-corrected chi connectivity index (χ3v) is 5.57. The Kier molecular flexibility index (Phi) is 8.02. The summed E-state index contributed by atoms with van der Waals surface area (Å²) in [6, 6.07) is 29.4. The molecule has 4 nitrogen and oxygen atoms in total. The van der Waals surface area contributed by atoms with Crippen molar-refractivity contribution in [3.8, 4) is 0 Å². The summed E-state index contributed by atoms with van der Waals surface area (Å²) in [6.45, 7) is 2.79. The fraction of sp³-hybridized carbons (Fsp3) is 0.333. The van der Waals surface area contributed by atoms with Crippen LogP contribution in [0.15, 0.2) is 91.0 Å². The van der Waals surface area contributed by atoms with Crippen LogP contribution >= 0.6 is 0 Å². The fourth-order valence-corrected chi connectivity index (χ4v) is 3.85. The van der Waals surface area contributed by atoms with Crippen molar-refractivity contribution in [3.05, 3.63) is 108 Å². The molecule has 1 fully saturated rings. The van der Waals surface area contributed by atoms with Crippen molar-refractivity contribution in [1.82, 2.24) is 0 Å². The summed E-state index contributed by atoms with van der Waals surface area (Å²) >= 11 is 0. The molecule has 3 aromatic carbocycles. The first-order valence-electron chi connectivity index (χ1n) is 11.0. The highest BCUT2D eigenvalue weighted by Crippen LogP contribution is 2.30. The first kappa shape index (κ1) is 22.6. The molecule has 32 heavy (non-hydrogen) atoms. The topological polar surface area (TPSA) is 36.9 Å². The Bertz CT molecular complexity index is 867. The standard InChI is InChI=1S/C27H29FO4/c1-20-24(29-17-21-11-5-2-6-12-21)25(30-18-22-13-7-3-8-14-22)26(27(28)32-20)31-19-23-15-9-4-10-16-23/h2-16,20,24-27H,17-19H2,1H3/t20?,24-,25?,26?,27-/m1/s1. The van der Waals surface area contributed by atoms with Crippen LogP contribution in [0.5, 0.6) is 0 Å². The van der Waals surface area contributed by atoms with E-state index in [0.29, 0.717) is 13.2 Å². The Morgan fingerprint density at radius 2 is 0.969 bits per heavy atom. The lowest BCUT2D eigenvalue weighted by atomic mass is 9.99. The third-order valence-electron chi connectivity index (χ3n) is 5.57. The van der Waals surface area contributed by atoms with Crippen LogP contribution in [0.3, 0.4) is 0 Å². The van der Waals surface area contributed by atoms with E-state index in [0.717, 1.165) is 16.7 Å². The zero-order valence-electron chi connectivity index (χ0n) is 18.2. The highest BCUT2D eigenvalue weighted by Gasteiger charge is 2.47. The van der Waals surface area contributed by atoms with Gasteiger partial charge in [0, 0.05) is 0 Å². The lowest BCUT2D eigenvalue weighted by molar-refractivity contribution is -0.288. The molecular formula is C27H29FO4. The number of alkyl halides is 1. The number of ether oxygens (including phenoxy) is 4. The van der Waals surface area contributed by atoms with E-state index in [1.54, 1.807) is 0 Å². The second kappa shape index (κ2) is 11.3. The van der Waals surface area contributed by atoms with E-state index in [2.05, 4.69) is 0 Å². The Morgan fingerprint density at radius 3 is 1.41 bits per heavy atom. The molecule has 1 heterocycles. The smallest absolute Gasteiger partial charge is 0.228 e. The molecule has 5 heteroatoms. The predicted molar refractivity (Wildman–Crippen MR) is 121 cm³/mol. The molecule has 0 bridgehead atoms. The number of rotatable bonds is 9. The van der Waals surface area contributed by atoms with Crippen LogP contribution in [0.25, 0.3) is 0 Å². The van der Waals surface area contributed by atoms with E-state index in [1.165, 1.54) is 0 Å². The Hall–Kier alpha value is -2.57. The number of benzene rings is 3. The van der Waals surface area contributed by atoms with E-state index in [4.69, 9.17) is 18.9 Å². The summed E-state index contributed by atoms with van der Waals surface area (Å²) in [6.07, 6.45) is -4.10. The monoisotopic (exact) mass is 436 g/mol. The minimum absolute atomic E-state index is 0.264. The molecule has 3 unspecified atom stereocenters. The fourth-order valence-electron chi connectivity index (χ4n) is 3.85. The van der Waals surface area contributed by atoms with E-state index in [9.17, 15) is 0 Å². The molecule has 0 amide bonds. The number of hydrogen-bond acceptors (Lipinski definition) is 4. The Balaban J connectivity index is 1.50. The average Bonchev–Trinajstić information content (AvgIpc) is 2.83. The molecule has 0 saturated carbocycles. The Morgan fingerprint density at radius 1 is 0.594 bits per heavy atom. The minimum Gasteiger partial charge on any atom is -0.368 e. The lowest BCUT2D eigenvalue weighted by Gasteiger charge is -2.42. The summed E-state index contributed by atoms with van der Waals surface area (Å²) in [5.74, 6) is 0. The maximum Gasteiger partial charge on any atom is 0.228 e. The highest BCUT2D eigenvalue weighted by molar-refractivity contribution is 5.15. The molecule has 5 atom stereocenters. The molecule has 1 saturated heterocycles. The molecule has 0 aromatic heterocycles. The van der Waals surface area contributed by atoms with Crippen LogP contribution in [0.1, 0.15) is 23.6 Å². The van der Waals surface area contributed by atoms with Gasteiger partial charge in [-0.3, -0.25) is 0 Å². The van der Waals surface area contributed by atoms with Gasteiger partial charge in [-0.1, -0.05) is 91.0 Å². The first-order valence-corrected chi connectivity index (χ1v) is 11.0. The molecule has 3 aromatic rings. The maximum atomic E-state index is 15.0. The van der Waals surface area contributed by atoms with Gasteiger partial charge in [-0.05, 0) is 23.6 Å². The van der Waals surface area contributed by atoms with Crippen molar-refractivity contribution < 1.29 is 23.3 Å². The van der Waals surface area contributed by atoms with E-state index >= 15 is 4.39 Å². The lowest BCUT2D eigenvalue weighted by Crippen LogP contribution is -2.58. The quantitative estimate of drug-likeness (QED) is 0.447. The summed E-state index contributed by atoms with van der Waals surface area (Å²) in [7, 11) is 0. The van der Waals surface area contributed by atoms with Gasteiger partial charge in [0.05, 0.1) is 25.9 Å². The minimum atomic E-state index is -1.61. The zero-order chi connectivity index (χ0) is 22.2. The SMILES string of the molecule is CC1O[C@@H](F)C(OCc2ccccc2)C(OCc2ccccc2)[C@@H]1OCc1ccccc1. The summed E-state index contributed by atoms with van der Waals surface area (Å²) in [4.78, 5) is 0. The summed E-state index contributed by atoms with van der Waals surface area (Å²) in [5, 5.41) is 0. The van der Waals surface area contributed by atoms with Crippen molar-refractivity contribution in [1.29, 1.82) is 0 Å². The van der Waals surface area contributed by atoms with Gasteiger partial charge in [0.15, 0.2) is 0 Å². The van der Waals surface area contributed by atoms with Gasteiger partial charge in [-0.15, -0.1) is 0 Å². The van der Waals surface area contributed by atoms with Crippen molar-refractivity contribution in [2.75, 3.05) is 0 Å². The van der Waals surface area contributed by atoms with Gasteiger partial charge in [0.2, 0.25) is 6.36 Å². The number of halogens is 1. The van der Waals surface area contributed by atoms with E-state index in [1.807, 2.05) is 97.9 Å².